The fourth-order valence-corrected chi connectivity index (χ4v) is 1.47. The van der Waals surface area contributed by atoms with Crippen LogP contribution in [0, 0.1) is 5.92 Å². The van der Waals surface area contributed by atoms with Crippen molar-refractivity contribution in [1.29, 1.82) is 0 Å². The van der Waals surface area contributed by atoms with E-state index in [-0.39, 0.29) is 23.0 Å². The standard InChI is InChI=1S/C15H32N2O2/c1-12(2)13(18)17-10-8-15(5,6)19-11-9-14(3,4)16-7/h12,16H,8-11H2,1-7H3,(H,17,18). The quantitative estimate of drug-likeness (QED) is 0.677. The molecule has 0 rings (SSSR count). The van der Waals surface area contributed by atoms with Crippen LogP contribution in [0.1, 0.15) is 54.4 Å². The van der Waals surface area contributed by atoms with Gasteiger partial charge >= 0.3 is 0 Å². The molecule has 0 aromatic heterocycles. The van der Waals surface area contributed by atoms with Gasteiger partial charge in [0.15, 0.2) is 0 Å². The van der Waals surface area contributed by atoms with E-state index in [2.05, 4.69) is 38.3 Å². The van der Waals surface area contributed by atoms with E-state index in [0.29, 0.717) is 6.54 Å². The molecule has 0 saturated heterocycles. The van der Waals surface area contributed by atoms with Crippen LogP contribution in [0.2, 0.25) is 0 Å². The van der Waals surface area contributed by atoms with E-state index in [1.807, 2.05) is 20.9 Å². The fourth-order valence-electron chi connectivity index (χ4n) is 1.47. The smallest absolute Gasteiger partial charge is 0.222 e. The van der Waals surface area contributed by atoms with Gasteiger partial charge in [-0.1, -0.05) is 13.8 Å². The van der Waals surface area contributed by atoms with Gasteiger partial charge < -0.3 is 15.4 Å². The number of hydrogen-bond donors (Lipinski definition) is 2. The van der Waals surface area contributed by atoms with Gasteiger partial charge in [-0.15, -0.1) is 0 Å². The summed E-state index contributed by atoms with van der Waals surface area (Å²) >= 11 is 0. The molecular formula is C15H32N2O2. The first-order valence-electron chi connectivity index (χ1n) is 7.20. The number of ether oxygens (including phenoxy) is 1. The number of amides is 1. The Morgan fingerprint density at radius 3 is 2.21 bits per heavy atom. The molecule has 0 aliphatic carbocycles. The highest BCUT2D eigenvalue weighted by Crippen LogP contribution is 2.16. The topological polar surface area (TPSA) is 50.4 Å². The summed E-state index contributed by atoms with van der Waals surface area (Å²) < 4.78 is 5.92. The van der Waals surface area contributed by atoms with Crippen LogP contribution < -0.4 is 10.6 Å². The molecule has 0 aromatic carbocycles. The van der Waals surface area contributed by atoms with Crippen molar-refractivity contribution >= 4 is 5.91 Å². The third-order valence-electron chi connectivity index (χ3n) is 3.45. The predicted octanol–water partition coefficient (Wildman–Crippen LogP) is 2.33. The Morgan fingerprint density at radius 1 is 1.16 bits per heavy atom. The Balaban J connectivity index is 3.89. The van der Waals surface area contributed by atoms with Gasteiger partial charge in [-0.05, 0) is 47.6 Å². The molecule has 0 aromatic rings. The van der Waals surface area contributed by atoms with Crippen LogP contribution in [-0.4, -0.2) is 37.2 Å². The molecule has 1 amide bonds. The molecule has 0 heterocycles. The summed E-state index contributed by atoms with van der Waals surface area (Å²) in [5.74, 6) is 0.146. The number of hydrogen-bond acceptors (Lipinski definition) is 3. The predicted molar refractivity (Wildman–Crippen MR) is 80.3 cm³/mol. The number of carbonyl (C=O) groups is 1. The minimum atomic E-state index is -0.200. The van der Waals surface area contributed by atoms with Crippen LogP contribution >= 0.6 is 0 Å². The molecule has 4 nitrogen and oxygen atoms in total. The monoisotopic (exact) mass is 272 g/mol. The Morgan fingerprint density at radius 2 is 1.74 bits per heavy atom. The number of carbonyl (C=O) groups excluding carboxylic acids is 1. The molecule has 0 unspecified atom stereocenters. The Labute approximate surface area is 118 Å². The van der Waals surface area contributed by atoms with E-state index in [0.717, 1.165) is 19.4 Å². The van der Waals surface area contributed by atoms with E-state index in [1.54, 1.807) is 0 Å². The average Bonchev–Trinajstić information content (AvgIpc) is 2.27. The molecule has 0 fully saturated rings. The lowest BCUT2D eigenvalue weighted by Crippen LogP contribution is -2.39. The van der Waals surface area contributed by atoms with Gasteiger partial charge in [0.1, 0.15) is 0 Å². The summed E-state index contributed by atoms with van der Waals surface area (Å²) in [5.41, 5.74) is -0.101. The minimum absolute atomic E-state index is 0.0421. The van der Waals surface area contributed by atoms with Crippen molar-refractivity contribution in [3.63, 3.8) is 0 Å². The van der Waals surface area contributed by atoms with Crippen LogP contribution in [0.5, 0.6) is 0 Å². The molecule has 0 spiro atoms. The second-order valence-electron chi connectivity index (χ2n) is 6.69. The van der Waals surface area contributed by atoms with Gasteiger partial charge in [0, 0.05) is 24.6 Å². The SMILES string of the molecule is CNC(C)(C)CCOC(C)(C)CCNC(=O)C(C)C. The molecule has 0 aliphatic heterocycles. The zero-order chi connectivity index (χ0) is 15.1. The molecular weight excluding hydrogens is 240 g/mol. The first kappa shape index (κ1) is 18.4. The van der Waals surface area contributed by atoms with Crippen LogP contribution in [0.25, 0.3) is 0 Å². The zero-order valence-corrected chi connectivity index (χ0v) is 13.7. The van der Waals surface area contributed by atoms with Gasteiger partial charge in [0.25, 0.3) is 0 Å². The first-order chi connectivity index (χ1) is 8.59. The highest BCUT2D eigenvalue weighted by molar-refractivity contribution is 5.77. The van der Waals surface area contributed by atoms with E-state index < -0.39 is 0 Å². The van der Waals surface area contributed by atoms with Gasteiger partial charge in [-0.25, -0.2) is 0 Å². The van der Waals surface area contributed by atoms with Crippen LogP contribution in [-0.2, 0) is 9.53 Å². The van der Waals surface area contributed by atoms with Crippen molar-refractivity contribution in [1.82, 2.24) is 10.6 Å². The lowest BCUT2D eigenvalue weighted by molar-refractivity contribution is -0.124. The third-order valence-corrected chi connectivity index (χ3v) is 3.45. The average molecular weight is 272 g/mol. The Kier molecular flexibility index (Phi) is 7.60. The number of rotatable bonds is 9. The summed E-state index contributed by atoms with van der Waals surface area (Å²) in [5, 5.41) is 6.19. The second-order valence-corrected chi connectivity index (χ2v) is 6.69. The molecule has 19 heavy (non-hydrogen) atoms. The highest BCUT2D eigenvalue weighted by Gasteiger charge is 2.21. The van der Waals surface area contributed by atoms with Crippen LogP contribution in [0.15, 0.2) is 0 Å². The van der Waals surface area contributed by atoms with Crippen LogP contribution in [0.4, 0.5) is 0 Å². The van der Waals surface area contributed by atoms with Crippen molar-refractivity contribution in [2.24, 2.45) is 5.92 Å². The summed E-state index contributed by atoms with van der Waals surface area (Å²) in [6.45, 7) is 13.6. The maximum atomic E-state index is 11.5. The lowest BCUT2D eigenvalue weighted by Gasteiger charge is -2.29. The minimum Gasteiger partial charge on any atom is -0.375 e. The summed E-state index contributed by atoms with van der Waals surface area (Å²) in [6, 6.07) is 0. The van der Waals surface area contributed by atoms with Gasteiger partial charge in [-0.2, -0.15) is 0 Å². The van der Waals surface area contributed by atoms with E-state index in [1.165, 1.54) is 0 Å². The second kappa shape index (κ2) is 7.85. The fraction of sp³-hybridized carbons (Fsp3) is 0.933. The van der Waals surface area contributed by atoms with E-state index in [4.69, 9.17) is 4.74 Å². The Hall–Kier alpha value is -0.610. The van der Waals surface area contributed by atoms with Gasteiger partial charge in [-0.3, -0.25) is 4.79 Å². The van der Waals surface area contributed by atoms with E-state index in [9.17, 15) is 4.79 Å². The normalized spacial score (nSPS) is 12.8. The molecule has 114 valence electrons. The molecule has 0 radical (unpaired) electrons. The third kappa shape index (κ3) is 9.00. The van der Waals surface area contributed by atoms with Gasteiger partial charge in [0.2, 0.25) is 5.91 Å². The molecule has 0 aliphatic rings. The molecule has 0 saturated carbocycles. The molecule has 0 atom stereocenters. The van der Waals surface area contributed by atoms with Crippen molar-refractivity contribution in [2.45, 2.75) is 65.5 Å². The van der Waals surface area contributed by atoms with E-state index >= 15 is 0 Å². The molecule has 4 heteroatoms. The first-order valence-corrected chi connectivity index (χ1v) is 7.20. The summed E-state index contributed by atoms with van der Waals surface area (Å²) in [6.07, 6.45) is 1.79. The lowest BCUT2D eigenvalue weighted by atomic mass is 10.0. The van der Waals surface area contributed by atoms with Crippen molar-refractivity contribution in [2.75, 3.05) is 20.2 Å². The highest BCUT2D eigenvalue weighted by atomic mass is 16.5. The molecule has 2 N–H and O–H groups in total. The maximum Gasteiger partial charge on any atom is 0.222 e. The number of nitrogens with one attached hydrogen (secondary N) is 2. The van der Waals surface area contributed by atoms with Crippen molar-refractivity contribution in [3.8, 4) is 0 Å². The summed E-state index contributed by atoms with van der Waals surface area (Å²) in [4.78, 5) is 11.5. The zero-order valence-electron chi connectivity index (χ0n) is 13.7. The summed E-state index contributed by atoms with van der Waals surface area (Å²) in [7, 11) is 1.96. The Bertz CT molecular complexity index is 273. The van der Waals surface area contributed by atoms with Gasteiger partial charge in [0.05, 0.1) is 5.60 Å². The van der Waals surface area contributed by atoms with Crippen molar-refractivity contribution in [3.05, 3.63) is 0 Å². The largest absolute Gasteiger partial charge is 0.375 e. The maximum absolute atomic E-state index is 11.5. The van der Waals surface area contributed by atoms with Crippen molar-refractivity contribution < 1.29 is 9.53 Å². The molecule has 0 bridgehead atoms. The van der Waals surface area contributed by atoms with Crippen LogP contribution in [0.3, 0.4) is 0 Å².